The third kappa shape index (κ3) is 1.88. The average molecular weight is 281 g/mol. The van der Waals surface area contributed by atoms with Crippen LogP contribution in [-0.4, -0.2) is 34.1 Å². The molecule has 8 nitrogen and oxygen atoms in total. The van der Waals surface area contributed by atoms with Crippen LogP contribution in [0.1, 0.15) is 5.69 Å². The molecule has 21 heavy (non-hydrogen) atoms. The molecule has 4 aromatic heterocycles. The summed E-state index contributed by atoms with van der Waals surface area (Å²) in [4.78, 5) is 27.6. The van der Waals surface area contributed by atoms with E-state index in [1.54, 1.807) is 34.0 Å². The summed E-state index contributed by atoms with van der Waals surface area (Å²) in [6, 6.07) is 1.85. The van der Waals surface area contributed by atoms with Gasteiger partial charge < -0.3 is 9.55 Å². The maximum absolute atomic E-state index is 12.5. The first-order chi connectivity index (χ1) is 10.3. The maximum Gasteiger partial charge on any atom is 0.261 e. The Balaban J connectivity index is 1.79. The van der Waals surface area contributed by atoms with Crippen LogP contribution in [0.3, 0.4) is 0 Å². The monoisotopic (exact) mass is 281 g/mol. The number of pyridine rings is 1. The van der Waals surface area contributed by atoms with E-state index in [1.807, 2.05) is 6.07 Å². The van der Waals surface area contributed by atoms with Gasteiger partial charge in [-0.2, -0.15) is 14.6 Å². The Morgan fingerprint density at radius 2 is 2.19 bits per heavy atom. The zero-order valence-electron chi connectivity index (χ0n) is 11.0. The van der Waals surface area contributed by atoms with Crippen molar-refractivity contribution < 1.29 is 0 Å². The number of aryl methyl sites for hydroxylation is 2. The topological polar surface area (TPSA) is 93.8 Å². The molecule has 0 spiro atoms. The van der Waals surface area contributed by atoms with Gasteiger partial charge in [0.15, 0.2) is 0 Å². The molecule has 4 rings (SSSR count). The first-order valence-electron chi connectivity index (χ1n) is 6.48. The molecule has 104 valence electrons. The number of nitrogens with one attached hydrogen (secondary N) is 1. The van der Waals surface area contributed by atoms with Gasteiger partial charge in [-0.05, 0) is 6.07 Å². The van der Waals surface area contributed by atoms with Crippen molar-refractivity contribution in [3.8, 4) is 0 Å². The molecule has 0 saturated carbocycles. The van der Waals surface area contributed by atoms with Gasteiger partial charge >= 0.3 is 0 Å². The van der Waals surface area contributed by atoms with E-state index >= 15 is 0 Å². The van der Waals surface area contributed by atoms with Gasteiger partial charge in [0.05, 0.1) is 17.2 Å². The fourth-order valence-electron chi connectivity index (χ4n) is 2.34. The Kier molecular flexibility index (Phi) is 2.53. The van der Waals surface area contributed by atoms with E-state index in [9.17, 15) is 4.79 Å². The standard InChI is InChI=1S/C13H11N7O/c21-12-10-6-15-13-17-8-18-20(13)11(10)2-4-19(12)3-1-9-5-14-7-16-9/h2,4-8H,1,3H2,(H,14,16). The van der Waals surface area contributed by atoms with E-state index in [4.69, 9.17) is 0 Å². The van der Waals surface area contributed by atoms with Crippen molar-refractivity contribution in [2.75, 3.05) is 0 Å². The Morgan fingerprint density at radius 3 is 3.05 bits per heavy atom. The van der Waals surface area contributed by atoms with Gasteiger partial charge in [-0.3, -0.25) is 4.79 Å². The van der Waals surface area contributed by atoms with Gasteiger partial charge in [0.25, 0.3) is 11.3 Å². The molecular weight excluding hydrogens is 270 g/mol. The van der Waals surface area contributed by atoms with Crippen LogP contribution in [0.5, 0.6) is 0 Å². The van der Waals surface area contributed by atoms with Crippen molar-refractivity contribution in [2.45, 2.75) is 13.0 Å². The van der Waals surface area contributed by atoms with Crippen molar-refractivity contribution >= 4 is 16.7 Å². The lowest BCUT2D eigenvalue weighted by Crippen LogP contribution is -2.21. The van der Waals surface area contributed by atoms with Gasteiger partial charge in [0, 0.05) is 37.3 Å². The average Bonchev–Trinajstić information content (AvgIpc) is 3.17. The zero-order chi connectivity index (χ0) is 14.2. The van der Waals surface area contributed by atoms with Crippen molar-refractivity contribution in [1.29, 1.82) is 0 Å². The Bertz CT molecular complexity index is 967. The van der Waals surface area contributed by atoms with Crippen LogP contribution in [0.15, 0.2) is 42.1 Å². The first kappa shape index (κ1) is 11.8. The van der Waals surface area contributed by atoms with Gasteiger partial charge in [-0.15, -0.1) is 0 Å². The second kappa shape index (κ2) is 4.51. The predicted molar refractivity (Wildman–Crippen MR) is 74.8 cm³/mol. The lowest BCUT2D eigenvalue weighted by molar-refractivity contribution is 0.666. The largest absolute Gasteiger partial charge is 0.348 e. The summed E-state index contributed by atoms with van der Waals surface area (Å²) in [5, 5.41) is 4.61. The SMILES string of the molecule is O=c1c2cnc3ncnn3c2ccn1CCc1cnc[nH]1. The molecule has 0 unspecified atom stereocenters. The minimum absolute atomic E-state index is 0.0862. The number of nitrogens with zero attached hydrogens (tertiary/aromatic N) is 6. The lowest BCUT2D eigenvalue weighted by Gasteiger charge is -2.06. The molecule has 0 radical (unpaired) electrons. The summed E-state index contributed by atoms with van der Waals surface area (Å²) in [5.74, 6) is 0.483. The van der Waals surface area contributed by atoms with E-state index in [1.165, 1.54) is 6.33 Å². The third-order valence-electron chi connectivity index (χ3n) is 3.42. The fourth-order valence-corrected chi connectivity index (χ4v) is 2.34. The highest BCUT2D eigenvalue weighted by atomic mass is 16.1. The van der Waals surface area contributed by atoms with Crippen LogP contribution in [0, 0.1) is 0 Å². The fraction of sp³-hybridized carbons (Fsp3) is 0.154. The summed E-state index contributed by atoms with van der Waals surface area (Å²) in [6.45, 7) is 0.576. The smallest absolute Gasteiger partial charge is 0.261 e. The number of hydrogen-bond donors (Lipinski definition) is 1. The molecule has 0 saturated heterocycles. The molecule has 0 aliphatic carbocycles. The Morgan fingerprint density at radius 1 is 1.24 bits per heavy atom. The van der Waals surface area contributed by atoms with Crippen molar-refractivity contribution in [1.82, 2.24) is 34.1 Å². The van der Waals surface area contributed by atoms with Gasteiger partial charge in [0.2, 0.25) is 0 Å². The van der Waals surface area contributed by atoms with Crippen molar-refractivity contribution in [3.63, 3.8) is 0 Å². The van der Waals surface area contributed by atoms with E-state index in [-0.39, 0.29) is 5.56 Å². The summed E-state index contributed by atoms with van der Waals surface area (Å²) in [7, 11) is 0. The maximum atomic E-state index is 12.5. The molecule has 0 aliphatic rings. The molecule has 0 bridgehead atoms. The number of imidazole rings is 1. The van der Waals surface area contributed by atoms with Crippen LogP contribution in [0.4, 0.5) is 0 Å². The van der Waals surface area contributed by atoms with Gasteiger partial charge in [0.1, 0.15) is 6.33 Å². The minimum Gasteiger partial charge on any atom is -0.348 e. The molecule has 0 amide bonds. The lowest BCUT2D eigenvalue weighted by atomic mass is 10.3. The summed E-state index contributed by atoms with van der Waals surface area (Å²) in [5.41, 5.74) is 1.61. The molecular formula is C13H11N7O. The van der Waals surface area contributed by atoms with Crippen LogP contribution in [0.25, 0.3) is 16.7 Å². The molecule has 8 heteroatoms. The second-order valence-corrected chi connectivity index (χ2v) is 4.67. The van der Waals surface area contributed by atoms with Crippen LogP contribution in [-0.2, 0) is 13.0 Å². The number of aromatic amines is 1. The molecule has 4 aromatic rings. The third-order valence-corrected chi connectivity index (χ3v) is 3.42. The molecule has 4 heterocycles. The number of fused-ring (bicyclic) bond motifs is 3. The second-order valence-electron chi connectivity index (χ2n) is 4.67. The normalized spacial score (nSPS) is 11.4. The van der Waals surface area contributed by atoms with E-state index in [2.05, 4.69) is 25.0 Å². The highest BCUT2D eigenvalue weighted by Crippen LogP contribution is 2.09. The molecule has 0 aliphatic heterocycles. The first-order valence-corrected chi connectivity index (χ1v) is 6.48. The Hall–Kier alpha value is -3.03. The molecule has 1 N–H and O–H groups in total. The minimum atomic E-state index is -0.0862. The number of hydrogen-bond acceptors (Lipinski definition) is 5. The summed E-state index contributed by atoms with van der Waals surface area (Å²) >= 11 is 0. The van der Waals surface area contributed by atoms with Gasteiger partial charge in [-0.1, -0.05) is 0 Å². The molecule has 0 fully saturated rings. The quantitative estimate of drug-likeness (QED) is 0.587. The van der Waals surface area contributed by atoms with E-state index in [0.29, 0.717) is 29.6 Å². The van der Waals surface area contributed by atoms with Crippen molar-refractivity contribution in [2.24, 2.45) is 0 Å². The molecule has 0 atom stereocenters. The zero-order valence-corrected chi connectivity index (χ0v) is 11.0. The summed E-state index contributed by atoms with van der Waals surface area (Å²) in [6.07, 6.45) is 8.84. The highest BCUT2D eigenvalue weighted by molar-refractivity contribution is 5.78. The van der Waals surface area contributed by atoms with E-state index in [0.717, 1.165) is 5.69 Å². The van der Waals surface area contributed by atoms with Crippen LogP contribution < -0.4 is 5.56 Å². The summed E-state index contributed by atoms with van der Waals surface area (Å²) < 4.78 is 3.23. The number of rotatable bonds is 3. The number of H-pyrrole nitrogens is 1. The predicted octanol–water partition coefficient (Wildman–Crippen LogP) is 0.405. The van der Waals surface area contributed by atoms with Gasteiger partial charge in [-0.25, -0.2) is 9.97 Å². The number of aromatic nitrogens is 7. The van der Waals surface area contributed by atoms with Crippen LogP contribution >= 0.6 is 0 Å². The van der Waals surface area contributed by atoms with Crippen LogP contribution in [0.2, 0.25) is 0 Å². The van der Waals surface area contributed by atoms with E-state index < -0.39 is 0 Å². The highest BCUT2D eigenvalue weighted by Gasteiger charge is 2.08. The Labute approximate surface area is 118 Å². The van der Waals surface area contributed by atoms with Crippen molar-refractivity contribution in [3.05, 3.63) is 53.4 Å². The molecule has 0 aromatic carbocycles.